The normalized spacial score (nSPS) is 12.0. The van der Waals surface area contributed by atoms with E-state index in [0.717, 1.165) is 11.1 Å². The number of hydrazone groups is 1. The predicted molar refractivity (Wildman–Crippen MR) is 107 cm³/mol. The van der Waals surface area contributed by atoms with Crippen LogP contribution < -0.4 is 14.3 Å². The van der Waals surface area contributed by atoms with Gasteiger partial charge in [0, 0.05) is 5.56 Å². The SMILES string of the molecule is CCOc1ccc(/C(C)=N\NS(=O)(=O)c2cc(C)ccc2C)cc1OCC. The van der Waals surface area contributed by atoms with Crippen LogP contribution in [0.1, 0.15) is 37.5 Å². The summed E-state index contributed by atoms with van der Waals surface area (Å²) in [5.41, 5.74) is 2.80. The first-order chi connectivity index (χ1) is 12.8. The lowest BCUT2D eigenvalue weighted by molar-refractivity contribution is 0.287. The smallest absolute Gasteiger partial charge is 0.276 e. The minimum atomic E-state index is -3.75. The van der Waals surface area contributed by atoms with Gasteiger partial charge in [-0.2, -0.15) is 18.4 Å². The quantitative estimate of drug-likeness (QED) is 0.549. The Morgan fingerprint density at radius 3 is 2.33 bits per heavy atom. The molecular weight excluding hydrogens is 364 g/mol. The van der Waals surface area contributed by atoms with Gasteiger partial charge in [0.15, 0.2) is 11.5 Å². The predicted octanol–water partition coefficient (Wildman–Crippen LogP) is 3.80. The van der Waals surface area contributed by atoms with Crippen molar-refractivity contribution in [3.8, 4) is 11.5 Å². The summed E-state index contributed by atoms with van der Waals surface area (Å²) in [5.74, 6) is 1.25. The van der Waals surface area contributed by atoms with Gasteiger partial charge in [0.2, 0.25) is 0 Å². The third-order valence-corrected chi connectivity index (χ3v) is 5.28. The van der Waals surface area contributed by atoms with Gasteiger partial charge in [-0.05, 0) is 70.0 Å². The fourth-order valence-electron chi connectivity index (χ4n) is 2.52. The van der Waals surface area contributed by atoms with Crippen molar-refractivity contribution in [3.05, 3.63) is 53.1 Å². The lowest BCUT2D eigenvalue weighted by Crippen LogP contribution is -2.21. The van der Waals surface area contributed by atoms with Gasteiger partial charge in [0.05, 0.1) is 23.8 Å². The highest BCUT2D eigenvalue weighted by Crippen LogP contribution is 2.28. The van der Waals surface area contributed by atoms with Crippen molar-refractivity contribution in [2.24, 2.45) is 5.10 Å². The molecule has 2 aromatic rings. The molecule has 0 aliphatic rings. The monoisotopic (exact) mass is 390 g/mol. The van der Waals surface area contributed by atoms with Crippen molar-refractivity contribution in [1.82, 2.24) is 4.83 Å². The third-order valence-electron chi connectivity index (χ3n) is 3.93. The number of hydrogen-bond donors (Lipinski definition) is 1. The van der Waals surface area contributed by atoms with Crippen molar-refractivity contribution in [2.75, 3.05) is 13.2 Å². The summed E-state index contributed by atoms with van der Waals surface area (Å²) in [7, 11) is -3.75. The Morgan fingerprint density at radius 1 is 1.00 bits per heavy atom. The maximum absolute atomic E-state index is 12.6. The van der Waals surface area contributed by atoms with Gasteiger partial charge in [0.1, 0.15) is 0 Å². The van der Waals surface area contributed by atoms with Crippen LogP contribution in [0.3, 0.4) is 0 Å². The maximum atomic E-state index is 12.6. The van der Waals surface area contributed by atoms with E-state index in [9.17, 15) is 8.42 Å². The second-order valence-corrected chi connectivity index (χ2v) is 7.72. The molecule has 0 aliphatic heterocycles. The van der Waals surface area contributed by atoms with Gasteiger partial charge >= 0.3 is 0 Å². The number of sulfonamides is 1. The number of ether oxygens (including phenoxy) is 2. The van der Waals surface area contributed by atoms with Gasteiger partial charge in [0.25, 0.3) is 10.0 Å². The van der Waals surface area contributed by atoms with E-state index in [4.69, 9.17) is 9.47 Å². The van der Waals surface area contributed by atoms with E-state index in [1.54, 1.807) is 38.1 Å². The lowest BCUT2D eigenvalue weighted by Gasteiger charge is -2.13. The van der Waals surface area contributed by atoms with Gasteiger partial charge in [-0.15, -0.1) is 0 Å². The summed E-state index contributed by atoms with van der Waals surface area (Å²) in [6, 6.07) is 10.7. The average molecular weight is 391 g/mol. The van der Waals surface area contributed by atoms with Gasteiger partial charge in [-0.3, -0.25) is 0 Å². The van der Waals surface area contributed by atoms with E-state index >= 15 is 0 Å². The van der Waals surface area contributed by atoms with Gasteiger partial charge < -0.3 is 9.47 Å². The molecule has 0 saturated heterocycles. The zero-order valence-corrected chi connectivity index (χ0v) is 17.2. The first-order valence-electron chi connectivity index (χ1n) is 8.81. The third kappa shape index (κ3) is 5.23. The van der Waals surface area contributed by atoms with Crippen LogP contribution in [0.25, 0.3) is 0 Å². The number of nitrogens with zero attached hydrogens (tertiary/aromatic N) is 1. The number of nitrogens with one attached hydrogen (secondary N) is 1. The molecule has 0 amide bonds. The molecular formula is C20H26N2O4S. The number of aryl methyl sites for hydroxylation is 2. The van der Waals surface area contributed by atoms with Crippen LogP contribution in [0.2, 0.25) is 0 Å². The first kappa shape index (κ1) is 20.8. The Balaban J connectivity index is 2.29. The van der Waals surface area contributed by atoms with Crippen LogP contribution >= 0.6 is 0 Å². The molecule has 0 saturated carbocycles. The van der Waals surface area contributed by atoms with Gasteiger partial charge in [-0.1, -0.05) is 12.1 Å². The molecule has 0 aliphatic carbocycles. The number of benzene rings is 2. The lowest BCUT2D eigenvalue weighted by atomic mass is 10.1. The Kier molecular flexibility index (Phi) is 6.85. The van der Waals surface area contributed by atoms with Gasteiger partial charge in [-0.25, -0.2) is 0 Å². The standard InChI is InChI=1S/C20H26N2O4S/c1-6-25-18-11-10-17(13-19(18)26-7-2)16(5)21-22-27(23,24)20-12-14(3)8-9-15(20)4/h8-13,22H,6-7H2,1-5H3/b21-16-. The van der Waals surface area contributed by atoms with Crippen LogP contribution in [0.4, 0.5) is 0 Å². The molecule has 7 heteroatoms. The van der Waals surface area contributed by atoms with Crippen LogP contribution in [0.5, 0.6) is 11.5 Å². The second kappa shape index (κ2) is 8.90. The molecule has 0 atom stereocenters. The summed E-state index contributed by atoms with van der Waals surface area (Å²) < 4.78 is 36.3. The van der Waals surface area contributed by atoms with Crippen molar-refractivity contribution < 1.29 is 17.9 Å². The Bertz CT molecular complexity index is 937. The molecule has 0 aromatic heterocycles. The topological polar surface area (TPSA) is 77.0 Å². The number of rotatable bonds is 8. The number of hydrogen-bond acceptors (Lipinski definition) is 5. The summed E-state index contributed by atoms with van der Waals surface area (Å²) in [4.78, 5) is 2.54. The Hall–Kier alpha value is -2.54. The molecule has 0 heterocycles. The minimum absolute atomic E-state index is 0.223. The molecule has 0 radical (unpaired) electrons. The minimum Gasteiger partial charge on any atom is -0.490 e. The van der Waals surface area contributed by atoms with E-state index < -0.39 is 10.0 Å². The molecule has 2 rings (SSSR count). The average Bonchev–Trinajstić information content (AvgIpc) is 2.63. The van der Waals surface area contributed by atoms with Crippen LogP contribution in [0, 0.1) is 13.8 Å². The highest BCUT2D eigenvalue weighted by Gasteiger charge is 2.16. The van der Waals surface area contributed by atoms with E-state index in [1.165, 1.54) is 0 Å². The summed E-state index contributed by atoms with van der Waals surface area (Å²) in [6.07, 6.45) is 0. The largest absolute Gasteiger partial charge is 0.490 e. The second-order valence-electron chi connectivity index (χ2n) is 6.09. The molecule has 0 bridgehead atoms. The van der Waals surface area contributed by atoms with E-state index in [0.29, 0.717) is 36.0 Å². The molecule has 0 spiro atoms. The molecule has 0 unspecified atom stereocenters. The zero-order chi connectivity index (χ0) is 20.0. The summed E-state index contributed by atoms with van der Waals surface area (Å²) >= 11 is 0. The zero-order valence-electron chi connectivity index (χ0n) is 16.4. The summed E-state index contributed by atoms with van der Waals surface area (Å²) in [6.45, 7) is 10.2. The molecule has 6 nitrogen and oxygen atoms in total. The van der Waals surface area contributed by atoms with Crippen LogP contribution in [-0.2, 0) is 10.0 Å². The molecule has 27 heavy (non-hydrogen) atoms. The van der Waals surface area contributed by atoms with Crippen LogP contribution in [0.15, 0.2) is 46.4 Å². The highest BCUT2D eigenvalue weighted by molar-refractivity contribution is 7.89. The molecule has 146 valence electrons. The van der Waals surface area contributed by atoms with E-state index in [-0.39, 0.29) is 4.90 Å². The Morgan fingerprint density at radius 2 is 1.67 bits per heavy atom. The van der Waals surface area contributed by atoms with Crippen molar-refractivity contribution >= 4 is 15.7 Å². The molecule has 1 N–H and O–H groups in total. The maximum Gasteiger partial charge on any atom is 0.276 e. The molecule has 0 fully saturated rings. The van der Waals surface area contributed by atoms with Crippen molar-refractivity contribution in [3.63, 3.8) is 0 Å². The highest BCUT2D eigenvalue weighted by atomic mass is 32.2. The molecule has 2 aromatic carbocycles. The van der Waals surface area contributed by atoms with Crippen molar-refractivity contribution in [2.45, 2.75) is 39.5 Å². The van der Waals surface area contributed by atoms with Crippen LogP contribution in [-0.4, -0.2) is 27.3 Å². The fraction of sp³-hybridized carbons (Fsp3) is 0.350. The van der Waals surface area contributed by atoms with E-state index in [2.05, 4.69) is 9.93 Å². The Labute approximate surface area is 161 Å². The summed E-state index contributed by atoms with van der Waals surface area (Å²) in [5, 5.41) is 4.07. The van der Waals surface area contributed by atoms with Crippen molar-refractivity contribution in [1.29, 1.82) is 0 Å². The first-order valence-corrected chi connectivity index (χ1v) is 10.3. The van der Waals surface area contributed by atoms with E-state index in [1.807, 2.05) is 32.9 Å². The fourth-order valence-corrected chi connectivity index (χ4v) is 3.70.